The Morgan fingerprint density at radius 2 is 2.00 bits per heavy atom. The fourth-order valence-corrected chi connectivity index (χ4v) is 2.28. The molecule has 0 saturated carbocycles. The highest BCUT2D eigenvalue weighted by atomic mass is 16.5. The van der Waals surface area contributed by atoms with Crippen LogP contribution in [0.3, 0.4) is 0 Å². The van der Waals surface area contributed by atoms with E-state index in [0.29, 0.717) is 12.6 Å². The van der Waals surface area contributed by atoms with Crippen LogP contribution in [0, 0.1) is 0 Å². The van der Waals surface area contributed by atoms with Gasteiger partial charge in [0.05, 0.1) is 12.2 Å². The summed E-state index contributed by atoms with van der Waals surface area (Å²) in [6.07, 6.45) is -0.415. The summed E-state index contributed by atoms with van der Waals surface area (Å²) in [6.45, 7) is 3.66. The van der Waals surface area contributed by atoms with Crippen LogP contribution in [0.4, 0.5) is 0 Å². The van der Waals surface area contributed by atoms with Crippen molar-refractivity contribution in [2.45, 2.75) is 25.2 Å². The summed E-state index contributed by atoms with van der Waals surface area (Å²) in [5.41, 5.74) is 1.28. The summed E-state index contributed by atoms with van der Waals surface area (Å²) < 4.78 is 5.25. The van der Waals surface area contributed by atoms with Gasteiger partial charge in [0, 0.05) is 26.2 Å². The zero-order valence-corrected chi connectivity index (χ0v) is 9.84. The molecule has 1 fully saturated rings. The SMILES string of the molecule is CO[C@H]1CN([C@@H](C)c2ccccc2)C[C@@H]1O. The largest absolute Gasteiger partial charge is 0.389 e. The summed E-state index contributed by atoms with van der Waals surface area (Å²) in [6, 6.07) is 10.7. The average Bonchev–Trinajstić information content (AvgIpc) is 2.71. The molecule has 1 aromatic rings. The van der Waals surface area contributed by atoms with Gasteiger partial charge in [0.15, 0.2) is 0 Å². The minimum Gasteiger partial charge on any atom is -0.389 e. The number of aliphatic hydroxyl groups is 1. The fraction of sp³-hybridized carbons (Fsp3) is 0.538. The van der Waals surface area contributed by atoms with Gasteiger partial charge in [-0.05, 0) is 12.5 Å². The number of methoxy groups -OCH3 is 1. The summed E-state index contributed by atoms with van der Waals surface area (Å²) in [4.78, 5) is 2.26. The molecule has 16 heavy (non-hydrogen) atoms. The maximum atomic E-state index is 9.79. The Bertz CT molecular complexity index is 328. The number of benzene rings is 1. The molecule has 0 amide bonds. The van der Waals surface area contributed by atoms with Gasteiger partial charge in [0.2, 0.25) is 0 Å². The van der Waals surface area contributed by atoms with Gasteiger partial charge >= 0.3 is 0 Å². The van der Waals surface area contributed by atoms with E-state index in [1.54, 1.807) is 7.11 Å². The third-order valence-electron chi connectivity index (χ3n) is 3.40. The van der Waals surface area contributed by atoms with Crippen molar-refractivity contribution < 1.29 is 9.84 Å². The molecule has 0 aromatic heterocycles. The van der Waals surface area contributed by atoms with Crippen LogP contribution in [0.1, 0.15) is 18.5 Å². The highest BCUT2D eigenvalue weighted by molar-refractivity contribution is 5.18. The summed E-state index contributed by atoms with van der Waals surface area (Å²) in [5.74, 6) is 0. The van der Waals surface area contributed by atoms with E-state index >= 15 is 0 Å². The molecule has 1 aromatic carbocycles. The molecule has 1 N–H and O–H groups in total. The second-order valence-corrected chi connectivity index (χ2v) is 4.38. The van der Waals surface area contributed by atoms with Crippen LogP contribution in [-0.2, 0) is 4.74 Å². The number of hydrogen-bond acceptors (Lipinski definition) is 3. The lowest BCUT2D eigenvalue weighted by atomic mass is 10.1. The van der Waals surface area contributed by atoms with E-state index < -0.39 is 0 Å². The molecule has 0 radical (unpaired) electrons. The summed E-state index contributed by atoms with van der Waals surface area (Å²) >= 11 is 0. The van der Waals surface area contributed by atoms with Gasteiger partial charge in [0.25, 0.3) is 0 Å². The van der Waals surface area contributed by atoms with Crippen molar-refractivity contribution in [3.05, 3.63) is 35.9 Å². The van der Waals surface area contributed by atoms with Gasteiger partial charge < -0.3 is 9.84 Å². The van der Waals surface area contributed by atoms with E-state index in [4.69, 9.17) is 4.74 Å². The van der Waals surface area contributed by atoms with Gasteiger partial charge in [-0.1, -0.05) is 30.3 Å². The first-order chi connectivity index (χ1) is 7.72. The second kappa shape index (κ2) is 4.95. The standard InChI is InChI=1S/C13H19NO2/c1-10(11-6-4-3-5-7-11)14-8-12(15)13(9-14)16-2/h3-7,10,12-13,15H,8-9H2,1-2H3/t10-,12-,13-/m0/s1. The fourth-order valence-electron chi connectivity index (χ4n) is 2.28. The van der Waals surface area contributed by atoms with Crippen LogP contribution in [0.15, 0.2) is 30.3 Å². The normalized spacial score (nSPS) is 28.2. The number of aliphatic hydroxyl groups excluding tert-OH is 1. The molecule has 0 aliphatic carbocycles. The topological polar surface area (TPSA) is 32.7 Å². The number of nitrogens with zero attached hydrogens (tertiary/aromatic N) is 1. The molecule has 0 bridgehead atoms. The molecule has 1 saturated heterocycles. The first-order valence-corrected chi connectivity index (χ1v) is 5.72. The third kappa shape index (κ3) is 2.26. The van der Waals surface area contributed by atoms with Crippen molar-refractivity contribution in [2.24, 2.45) is 0 Å². The Morgan fingerprint density at radius 3 is 2.56 bits per heavy atom. The maximum absolute atomic E-state index is 9.79. The van der Waals surface area contributed by atoms with Crippen LogP contribution in [0.2, 0.25) is 0 Å². The van der Waals surface area contributed by atoms with E-state index in [9.17, 15) is 5.11 Å². The van der Waals surface area contributed by atoms with Crippen molar-refractivity contribution in [3.8, 4) is 0 Å². The van der Waals surface area contributed by atoms with E-state index in [1.165, 1.54) is 5.56 Å². The zero-order chi connectivity index (χ0) is 11.5. The molecule has 1 aliphatic heterocycles. The van der Waals surface area contributed by atoms with E-state index in [-0.39, 0.29) is 12.2 Å². The predicted molar refractivity (Wildman–Crippen MR) is 63.2 cm³/mol. The lowest BCUT2D eigenvalue weighted by Crippen LogP contribution is -2.26. The number of β-amino-alcohol motifs (C(OH)–C–C–N with tert-alkyl or cyclic N) is 1. The molecule has 3 nitrogen and oxygen atoms in total. The van der Waals surface area contributed by atoms with Crippen LogP contribution in [0.5, 0.6) is 0 Å². The molecule has 1 heterocycles. The van der Waals surface area contributed by atoms with Crippen molar-refractivity contribution >= 4 is 0 Å². The molecule has 3 heteroatoms. The summed E-state index contributed by atoms with van der Waals surface area (Å²) in [5, 5.41) is 9.79. The van der Waals surface area contributed by atoms with Gasteiger partial charge in [-0.25, -0.2) is 0 Å². The number of likely N-dealkylation sites (tertiary alicyclic amines) is 1. The Morgan fingerprint density at radius 1 is 1.31 bits per heavy atom. The van der Waals surface area contributed by atoms with Gasteiger partial charge in [-0.15, -0.1) is 0 Å². The average molecular weight is 221 g/mol. The Hall–Kier alpha value is -0.900. The smallest absolute Gasteiger partial charge is 0.0969 e. The molecular weight excluding hydrogens is 202 g/mol. The molecule has 2 rings (SSSR count). The van der Waals surface area contributed by atoms with Crippen molar-refractivity contribution in [3.63, 3.8) is 0 Å². The first-order valence-electron chi connectivity index (χ1n) is 5.72. The van der Waals surface area contributed by atoms with E-state index in [0.717, 1.165) is 6.54 Å². The number of hydrogen-bond donors (Lipinski definition) is 1. The van der Waals surface area contributed by atoms with Gasteiger partial charge in [-0.3, -0.25) is 4.90 Å². The quantitative estimate of drug-likeness (QED) is 0.838. The van der Waals surface area contributed by atoms with Crippen molar-refractivity contribution in [1.82, 2.24) is 4.90 Å². The molecule has 88 valence electrons. The monoisotopic (exact) mass is 221 g/mol. The first kappa shape index (κ1) is 11.6. The maximum Gasteiger partial charge on any atom is 0.0969 e. The number of rotatable bonds is 3. The van der Waals surface area contributed by atoms with Gasteiger partial charge in [0.1, 0.15) is 0 Å². The molecule has 3 atom stereocenters. The molecular formula is C13H19NO2. The minimum atomic E-state index is -0.365. The molecule has 0 unspecified atom stereocenters. The van der Waals surface area contributed by atoms with E-state index in [1.807, 2.05) is 18.2 Å². The third-order valence-corrected chi connectivity index (χ3v) is 3.40. The minimum absolute atomic E-state index is 0.0498. The Kier molecular flexibility index (Phi) is 3.59. The van der Waals surface area contributed by atoms with Crippen LogP contribution in [0.25, 0.3) is 0 Å². The van der Waals surface area contributed by atoms with Gasteiger partial charge in [-0.2, -0.15) is 0 Å². The summed E-state index contributed by atoms with van der Waals surface area (Å²) in [7, 11) is 1.66. The predicted octanol–water partition coefficient (Wildman–Crippen LogP) is 1.44. The van der Waals surface area contributed by atoms with Crippen molar-refractivity contribution in [1.29, 1.82) is 0 Å². The van der Waals surface area contributed by atoms with Crippen LogP contribution in [-0.4, -0.2) is 42.4 Å². The van der Waals surface area contributed by atoms with E-state index in [2.05, 4.69) is 24.0 Å². The highest BCUT2D eigenvalue weighted by Crippen LogP contribution is 2.25. The molecule has 1 aliphatic rings. The lowest BCUT2D eigenvalue weighted by Gasteiger charge is -2.24. The highest BCUT2D eigenvalue weighted by Gasteiger charge is 2.33. The van der Waals surface area contributed by atoms with Crippen LogP contribution >= 0.6 is 0 Å². The van der Waals surface area contributed by atoms with Crippen LogP contribution < -0.4 is 0 Å². The van der Waals surface area contributed by atoms with Crippen molar-refractivity contribution in [2.75, 3.05) is 20.2 Å². The molecule has 0 spiro atoms. The number of ether oxygens (including phenoxy) is 1. The lowest BCUT2D eigenvalue weighted by molar-refractivity contribution is 0.0214. The Labute approximate surface area is 96.6 Å². The Balaban J connectivity index is 2.04. The second-order valence-electron chi connectivity index (χ2n) is 4.38. The zero-order valence-electron chi connectivity index (χ0n) is 9.84.